The van der Waals surface area contributed by atoms with Crippen LogP contribution in [0.2, 0.25) is 5.02 Å². The number of nitrogens with one attached hydrogen (secondary N) is 2. The Labute approximate surface area is 115 Å². The molecule has 2 aromatic carbocycles. The maximum Gasteiger partial charge on any atom is 0.323 e. The average molecular weight is 275 g/mol. The van der Waals surface area contributed by atoms with Gasteiger partial charge in [0.2, 0.25) is 0 Å². The second kappa shape index (κ2) is 6.02. The Morgan fingerprint density at radius 1 is 1.00 bits per heavy atom. The molecule has 0 saturated carbocycles. The normalized spacial score (nSPS) is 9.74. The summed E-state index contributed by atoms with van der Waals surface area (Å²) in [6.07, 6.45) is 0.746. The van der Waals surface area contributed by atoms with Crippen LogP contribution in [-0.2, 0) is 0 Å². The van der Waals surface area contributed by atoms with Crippen LogP contribution >= 0.6 is 11.6 Å². The molecule has 0 spiro atoms. The molecule has 0 aliphatic rings. The van der Waals surface area contributed by atoms with Crippen LogP contribution in [0.25, 0.3) is 0 Å². The first-order chi connectivity index (χ1) is 9.17. The van der Waals surface area contributed by atoms with Crippen LogP contribution in [0.4, 0.5) is 16.2 Å². The molecule has 0 heterocycles. The van der Waals surface area contributed by atoms with Crippen LogP contribution in [0, 0.1) is 0 Å². The van der Waals surface area contributed by atoms with Gasteiger partial charge < -0.3 is 10.6 Å². The minimum atomic E-state index is -0.374. The molecule has 4 nitrogen and oxygen atoms in total. The molecule has 0 saturated heterocycles. The standard InChI is InChI=1S/C14H11ClN2O2/c15-11-2-1-3-13(8-11)17-14(19)16-12-6-4-10(9-18)5-7-12/h1-9H,(H2,16,17,19). The Morgan fingerprint density at radius 3 is 2.32 bits per heavy atom. The number of carbonyl (C=O) groups is 2. The Kier molecular flexibility index (Phi) is 4.15. The van der Waals surface area contributed by atoms with Crippen LogP contribution in [0.1, 0.15) is 10.4 Å². The Morgan fingerprint density at radius 2 is 1.68 bits per heavy atom. The molecular weight excluding hydrogens is 264 g/mol. The maximum absolute atomic E-state index is 11.7. The number of benzene rings is 2. The second-order valence-electron chi connectivity index (χ2n) is 3.83. The molecule has 0 aliphatic heterocycles. The van der Waals surface area contributed by atoms with Gasteiger partial charge >= 0.3 is 6.03 Å². The number of urea groups is 1. The van der Waals surface area contributed by atoms with Gasteiger partial charge in [-0.3, -0.25) is 4.79 Å². The summed E-state index contributed by atoms with van der Waals surface area (Å²) in [5, 5.41) is 5.86. The molecule has 2 amide bonds. The third kappa shape index (κ3) is 3.82. The highest BCUT2D eigenvalue weighted by Crippen LogP contribution is 2.15. The molecule has 5 heteroatoms. The van der Waals surface area contributed by atoms with E-state index < -0.39 is 0 Å². The number of anilines is 2. The zero-order chi connectivity index (χ0) is 13.7. The lowest BCUT2D eigenvalue weighted by molar-refractivity contribution is 0.112. The summed E-state index contributed by atoms with van der Waals surface area (Å²) in [6, 6.07) is 13.0. The van der Waals surface area contributed by atoms with Crippen LogP contribution in [0.15, 0.2) is 48.5 Å². The quantitative estimate of drug-likeness (QED) is 0.837. The fourth-order valence-electron chi connectivity index (χ4n) is 1.50. The highest BCUT2D eigenvalue weighted by atomic mass is 35.5. The van der Waals surface area contributed by atoms with E-state index >= 15 is 0 Å². The first-order valence-corrected chi connectivity index (χ1v) is 5.94. The lowest BCUT2D eigenvalue weighted by Gasteiger charge is -2.07. The number of hydrogen-bond donors (Lipinski definition) is 2. The van der Waals surface area contributed by atoms with Gasteiger partial charge in [-0.05, 0) is 42.5 Å². The third-order valence-electron chi connectivity index (χ3n) is 2.39. The fourth-order valence-corrected chi connectivity index (χ4v) is 1.69. The average Bonchev–Trinajstić information content (AvgIpc) is 2.39. The summed E-state index contributed by atoms with van der Waals surface area (Å²) in [5.74, 6) is 0. The molecule has 0 aromatic heterocycles. The SMILES string of the molecule is O=Cc1ccc(NC(=O)Nc2cccc(Cl)c2)cc1. The van der Waals surface area contributed by atoms with Crippen molar-refractivity contribution < 1.29 is 9.59 Å². The lowest BCUT2D eigenvalue weighted by Crippen LogP contribution is -2.19. The van der Waals surface area contributed by atoms with Crippen molar-refractivity contribution in [1.82, 2.24) is 0 Å². The van der Waals surface area contributed by atoms with Gasteiger partial charge in [-0.2, -0.15) is 0 Å². The second-order valence-corrected chi connectivity index (χ2v) is 4.27. The van der Waals surface area contributed by atoms with Crippen LogP contribution in [0.5, 0.6) is 0 Å². The number of carbonyl (C=O) groups excluding carboxylic acids is 2. The lowest BCUT2D eigenvalue weighted by atomic mass is 10.2. The van der Waals surface area contributed by atoms with E-state index in [0.29, 0.717) is 22.0 Å². The first kappa shape index (κ1) is 13.1. The fraction of sp³-hybridized carbons (Fsp3) is 0. The van der Waals surface area contributed by atoms with E-state index in [2.05, 4.69) is 10.6 Å². The number of hydrogen-bond acceptors (Lipinski definition) is 2. The van der Waals surface area contributed by atoms with Gasteiger partial charge in [0.1, 0.15) is 6.29 Å². The monoisotopic (exact) mass is 274 g/mol. The minimum Gasteiger partial charge on any atom is -0.308 e. The highest BCUT2D eigenvalue weighted by Gasteiger charge is 2.03. The van der Waals surface area contributed by atoms with E-state index in [9.17, 15) is 9.59 Å². The van der Waals surface area contributed by atoms with Gasteiger partial charge in [-0.1, -0.05) is 17.7 Å². The van der Waals surface area contributed by atoms with Crippen molar-refractivity contribution in [3.8, 4) is 0 Å². The van der Waals surface area contributed by atoms with Gasteiger partial charge in [0, 0.05) is 22.0 Å². The van der Waals surface area contributed by atoms with E-state index in [1.54, 1.807) is 48.5 Å². The van der Waals surface area contributed by atoms with Crippen molar-refractivity contribution in [2.24, 2.45) is 0 Å². The van der Waals surface area contributed by atoms with Crippen molar-refractivity contribution in [3.05, 3.63) is 59.1 Å². The predicted molar refractivity (Wildman–Crippen MR) is 75.9 cm³/mol. The topological polar surface area (TPSA) is 58.2 Å². The number of aldehydes is 1. The maximum atomic E-state index is 11.7. The van der Waals surface area contributed by atoms with E-state index in [1.807, 2.05) is 0 Å². The van der Waals surface area contributed by atoms with Crippen molar-refractivity contribution >= 4 is 35.3 Å². The van der Waals surface area contributed by atoms with E-state index in [1.165, 1.54) is 0 Å². The van der Waals surface area contributed by atoms with Gasteiger partial charge in [0.25, 0.3) is 0 Å². The molecule has 19 heavy (non-hydrogen) atoms. The Bertz CT molecular complexity index is 597. The van der Waals surface area contributed by atoms with Crippen molar-refractivity contribution in [3.63, 3.8) is 0 Å². The summed E-state index contributed by atoms with van der Waals surface area (Å²) in [7, 11) is 0. The largest absolute Gasteiger partial charge is 0.323 e. The molecule has 2 N–H and O–H groups in total. The molecule has 0 atom stereocenters. The van der Waals surface area contributed by atoms with Gasteiger partial charge in [0.05, 0.1) is 0 Å². The molecular formula is C14H11ClN2O2. The van der Waals surface area contributed by atoms with Crippen molar-refractivity contribution in [2.75, 3.05) is 10.6 Å². The predicted octanol–water partition coefficient (Wildman–Crippen LogP) is 3.80. The number of halogens is 1. The zero-order valence-corrected chi connectivity index (χ0v) is 10.6. The molecule has 0 bridgehead atoms. The summed E-state index contributed by atoms with van der Waals surface area (Å²) >= 11 is 5.82. The van der Waals surface area contributed by atoms with Crippen molar-refractivity contribution in [1.29, 1.82) is 0 Å². The number of amides is 2. The zero-order valence-electron chi connectivity index (χ0n) is 9.89. The molecule has 2 aromatic rings. The van der Waals surface area contributed by atoms with Crippen LogP contribution < -0.4 is 10.6 Å². The molecule has 0 fully saturated rings. The number of rotatable bonds is 3. The van der Waals surface area contributed by atoms with Gasteiger partial charge in [-0.25, -0.2) is 4.79 Å². The smallest absolute Gasteiger partial charge is 0.308 e. The summed E-state index contributed by atoms with van der Waals surface area (Å²) in [5.41, 5.74) is 1.76. The van der Waals surface area contributed by atoms with E-state index in [0.717, 1.165) is 6.29 Å². The minimum absolute atomic E-state index is 0.374. The Balaban J connectivity index is 1.98. The van der Waals surface area contributed by atoms with Crippen LogP contribution in [-0.4, -0.2) is 12.3 Å². The summed E-state index contributed by atoms with van der Waals surface area (Å²) in [4.78, 5) is 22.2. The van der Waals surface area contributed by atoms with Gasteiger partial charge in [0.15, 0.2) is 0 Å². The molecule has 0 aliphatic carbocycles. The highest BCUT2D eigenvalue weighted by molar-refractivity contribution is 6.30. The van der Waals surface area contributed by atoms with E-state index in [-0.39, 0.29) is 6.03 Å². The van der Waals surface area contributed by atoms with Crippen molar-refractivity contribution in [2.45, 2.75) is 0 Å². The summed E-state index contributed by atoms with van der Waals surface area (Å²) < 4.78 is 0. The first-order valence-electron chi connectivity index (χ1n) is 5.56. The Hall–Kier alpha value is -2.33. The van der Waals surface area contributed by atoms with Crippen LogP contribution in [0.3, 0.4) is 0 Å². The molecule has 0 radical (unpaired) electrons. The third-order valence-corrected chi connectivity index (χ3v) is 2.62. The summed E-state index contributed by atoms with van der Waals surface area (Å²) in [6.45, 7) is 0. The van der Waals surface area contributed by atoms with E-state index in [4.69, 9.17) is 11.6 Å². The van der Waals surface area contributed by atoms with Gasteiger partial charge in [-0.15, -0.1) is 0 Å². The molecule has 0 unspecified atom stereocenters. The molecule has 96 valence electrons. The molecule has 2 rings (SSSR count).